The van der Waals surface area contributed by atoms with Crippen LogP contribution in [0.3, 0.4) is 0 Å². The molecule has 1 atom stereocenters. The second-order valence-electron chi connectivity index (χ2n) is 2.80. The van der Waals surface area contributed by atoms with Gasteiger partial charge in [0.05, 0.1) is 5.92 Å². The number of nitrogens with one attached hydrogen (secondary N) is 1. The average Bonchev–Trinajstić information content (AvgIpc) is 2.20. The molecular weight excluding hydrogens is 128 g/mol. The summed E-state index contributed by atoms with van der Waals surface area (Å²) in [5.74, 6) is 0.518. The Bertz CT molecular complexity index is 138. The van der Waals surface area contributed by atoms with Crippen molar-refractivity contribution in [3.63, 3.8) is 0 Å². The minimum Gasteiger partial charge on any atom is -0.345 e. The van der Waals surface area contributed by atoms with Crippen LogP contribution in [0.25, 0.3) is 0 Å². The predicted molar refractivity (Wildman–Crippen MR) is 41.8 cm³/mol. The molecule has 0 aromatic rings. The number of hydrogen-bond donors (Lipinski definition) is 1. The lowest BCUT2D eigenvalue weighted by Gasteiger charge is -2.08. The van der Waals surface area contributed by atoms with Gasteiger partial charge in [0, 0.05) is 21.6 Å². The Hall–Kier alpha value is -0.570. The molecule has 1 unspecified atom stereocenters. The van der Waals surface area contributed by atoms with E-state index >= 15 is 0 Å². The first-order valence-electron chi connectivity index (χ1n) is 3.65. The molecule has 0 aromatic carbocycles. The molecule has 0 spiro atoms. The first-order valence-corrected chi connectivity index (χ1v) is 3.65. The number of likely N-dealkylation sites (tertiary alicyclic amines) is 1. The minimum atomic E-state index is 0. The molecule has 0 bridgehead atoms. The van der Waals surface area contributed by atoms with Gasteiger partial charge in [0.2, 0.25) is 5.91 Å². The van der Waals surface area contributed by atoms with Gasteiger partial charge in [-0.1, -0.05) is 0 Å². The fraction of sp³-hybridized carbons (Fsp3) is 0.857. The molecule has 1 heterocycles. The lowest BCUT2D eigenvalue weighted by atomic mass is 10.1. The van der Waals surface area contributed by atoms with Crippen molar-refractivity contribution in [2.75, 3.05) is 27.2 Å². The van der Waals surface area contributed by atoms with Crippen molar-refractivity contribution in [1.82, 2.24) is 10.2 Å². The van der Waals surface area contributed by atoms with Crippen molar-refractivity contribution in [1.29, 1.82) is 0 Å². The molecule has 3 nitrogen and oxygen atoms in total. The van der Waals surface area contributed by atoms with Gasteiger partial charge in [0.25, 0.3) is 0 Å². The smallest absolute Gasteiger partial charge is 0.226 e. The quantitative estimate of drug-likeness (QED) is 0.588. The molecule has 0 saturated carbocycles. The van der Waals surface area contributed by atoms with Crippen molar-refractivity contribution < 1.29 is 6.22 Å². The Balaban J connectivity index is 0.000001000. The summed E-state index contributed by atoms with van der Waals surface area (Å²) in [5, 5.41) is 3.01. The summed E-state index contributed by atoms with van der Waals surface area (Å²) in [6, 6.07) is 0. The van der Waals surface area contributed by atoms with Crippen molar-refractivity contribution >= 4 is 5.91 Å². The van der Waals surface area contributed by atoms with Gasteiger partial charge in [-0.05, 0) is 13.5 Å². The topological polar surface area (TPSA) is 32.3 Å². The van der Waals surface area contributed by atoms with Gasteiger partial charge >= 0.3 is 0 Å². The number of nitrogens with zero attached hydrogens (tertiary/aromatic N) is 1. The molecule has 1 aliphatic heterocycles. The zero-order valence-electron chi connectivity index (χ0n) is 6.55. The first-order chi connectivity index (χ1) is 4.75. The second kappa shape index (κ2) is 3.01. The Morgan fingerprint density at radius 2 is 2.60 bits per heavy atom. The molecule has 1 amide bonds. The molecule has 0 radical (unpaired) electrons. The van der Waals surface area contributed by atoms with Gasteiger partial charge in [0.15, 0.2) is 0 Å². The van der Waals surface area contributed by atoms with E-state index in [4.69, 9.17) is 0 Å². The van der Waals surface area contributed by atoms with Crippen molar-refractivity contribution in [2.24, 2.45) is 5.92 Å². The lowest BCUT2D eigenvalue weighted by molar-refractivity contribution is -0.129. The summed E-state index contributed by atoms with van der Waals surface area (Å²) in [5.41, 5.74) is 0. The van der Waals surface area contributed by atoms with Crippen LogP contribution < -0.4 is 5.32 Å². The van der Waals surface area contributed by atoms with E-state index in [9.17, 15) is 4.79 Å². The fourth-order valence-electron chi connectivity index (χ4n) is 1.33. The van der Waals surface area contributed by atoms with Gasteiger partial charge < -0.3 is 10.2 Å². The molecule has 3 heteroatoms. The van der Waals surface area contributed by atoms with Crippen LogP contribution in [0, 0.1) is 5.92 Å². The molecule has 0 aromatic heterocycles. The molecule has 60 valence electrons. The van der Waals surface area contributed by atoms with E-state index in [-0.39, 0.29) is 13.3 Å². The fourth-order valence-corrected chi connectivity index (χ4v) is 1.33. The van der Waals surface area contributed by atoms with Crippen LogP contribution in [0.15, 0.2) is 0 Å². The van der Waals surface area contributed by atoms with E-state index in [1.165, 1.54) is 0 Å². The highest BCUT2D eigenvalue weighted by molar-refractivity contribution is 5.80. The summed E-state index contributed by atoms with van der Waals surface area (Å²) in [4.78, 5) is 13.0. The molecule has 1 aliphatic rings. The highest BCUT2D eigenvalue weighted by Gasteiger charge is 2.27. The number of carbonyl (C=O) groups excluding carboxylic acids is 1. The monoisotopic (exact) mass is 144 g/mol. The van der Waals surface area contributed by atoms with E-state index in [1.54, 1.807) is 4.90 Å². The summed E-state index contributed by atoms with van der Waals surface area (Å²) in [7, 11) is 3.74. The zero-order chi connectivity index (χ0) is 7.56. The maximum atomic E-state index is 11.2. The van der Waals surface area contributed by atoms with E-state index in [1.807, 2.05) is 14.1 Å². The van der Waals surface area contributed by atoms with Crippen LogP contribution in [0.2, 0.25) is 0 Å². The van der Waals surface area contributed by atoms with Crippen molar-refractivity contribution in [3.8, 4) is 0 Å². The average molecular weight is 144 g/mol. The van der Waals surface area contributed by atoms with Gasteiger partial charge in [-0.3, -0.25) is 4.79 Å². The van der Waals surface area contributed by atoms with Crippen LogP contribution >= 0.6 is 0 Å². The maximum Gasteiger partial charge on any atom is 0.226 e. The third-order valence-electron chi connectivity index (χ3n) is 1.99. The first kappa shape index (κ1) is 7.54. The molecule has 0 aliphatic carbocycles. The Morgan fingerprint density at radius 1 is 1.90 bits per heavy atom. The van der Waals surface area contributed by atoms with Crippen LogP contribution in [-0.2, 0) is 4.79 Å². The molecular formula is C7H16N2O. The zero-order valence-corrected chi connectivity index (χ0v) is 6.55. The molecule has 10 heavy (non-hydrogen) atoms. The molecule has 1 saturated heterocycles. The summed E-state index contributed by atoms with van der Waals surface area (Å²) in [6.45, 7) is 1.74. The summed E-state index contributed by atoms with van der Waals surface area (Å²) < 4.78 is 0. The van der Waals surface area contributed by atoms with Gasteiger partial charge in [-0.2, -0.15) is 0 Å². The van der Waals surface area contributed by atoms with Crippen LogP contribution in [0.4, 0.5) is 0 Å². The molecule has 1 N–H and O–H groups in total. The number of hydrogen-bond acceptors (Lipinski definition) is 2. The number of amides is 1. The van der Waals surface area contributed by atoms with Gasteiger partial charge in [-0.15, -0.1) is 0 Å². The Kier molecular flexibility index (Phi) is 2.27. The third-order valence-corrected chi connectivity index (χ3v) is 1.99. The van der Waals surface area contributed by atoms with Crippen LogP contribution in [0.1, 0.15) is 7.85 Å². The van der Waals surface area contributed by atoms with Crippen molar-refractivity contribution in [3.05, 3.63) is 0 Å². The normalized spacial score (nSPS) is 26.0. The van der Waals surface area contributed by atoms with Crippen LogP contribution in [-0.4, -0.2) is 38.0 Å². The highest BCUT2D eigenvalue weighted by Crippen LogP contribution is 2.14. The lowest BCUT2D eigenvalue weighted by Crippen LogP contribution is -2.28. The second-order valence-corrected chi connectivity index (χ2v) is 2.80. The molecule has 1 rings (SSSR count). The third kappa shape index (κ3) is 1.29. The van der Waals surface area contributed by atoms with Gasteiger partial charge in [-0.25, -0.2) is 0 Å². The molecule has 1 fully saturated rings. The Morgan fingerprint density at radius 3 is 3.00 bits per heavy atom. The van der Waals surface area contributed by atoms with Gasteiger partial charge in [0.1, 0.15) is 0 Å². The largest absolute Gasteiger partial charge is 0.345 e. The summed E-state index contributed by atoms with van der Waals surface area (Å²) >= 11 is 0. The maximum absolute atomic E-state index is 11.2. The van der Waals surface area contributed by atoms with E-state index < -0.39 is 0 Å². The SMILES string of the molecule is CNCC1CCN(C)C1=O.[HH]. The minimum absolute atomic E-state index is 0. The van der Waals surface area contributed by atoms with E-state index in [2.05, 4.69) is 5.32 Å². The van der Waals surface area contributed by atoms with E-state index in [0.29, 0.717) is 0 Å². The number of rotatable bonds is 2. The van der Waals surface area contributed by atoms with Crippen LogP contribution in [0.5, 0.6) is 0 Å². The predicted octanol–water partition coefficient (Wildman–Crippen LogP) is -0.0699. The van der Waals surface area contributed by atoms with Crippen molar-refractivity contribution in [2.45, 2.75) is 6.42 Å². The highest BCUT2D eigenvalue weighted by atomic mass is 16.2. The number of carbonyl (C=O) groups is 1. The Labute approximate surface area is 62.9 Å². The van der Waals surface area contributed by atoms with E-state index in [0.717, 1.165) is 19.5 Å². The summed E-state index contributed by atoms with van der Waals surface area (Å²) in [6.07, 6.45) is 1.01. The standard InChI is InChI=1S/C7H14N2O.H2/c1-8-5-6-3-4-9(2)7(6)10;/h6,8H,3-5H2,1-2H3;1H.